The lowest BCUT2D eigenvalue weighted by Crippen LogP contribution is -2.34. The number of carbonyl (C=O) groups excluding carboxylic acids is 2. The second kappa shape index (κ2) is 7.92. The van der Waals surface area contributed by atoms with Gasteiger partial charge in [-0.05, 0) is 31.0 Å². The number of carboxylic acid groups (broad SMARTS) is 1. The highest BCUT2D eigenvalue weighted by molar-refractivity contribution is 7.13. The van der Waals surface area contributed by atoms with Crippen LogP contribution in [-0.4, -0.2) is 27.9 Å². The Hall–Kier alpha value is -3.00. The molecule has 1 aromatic heterocycles. The molecular weight excluding hydrogens is 354 g/mol. The van der Waals surface area contributed by atoms with Crippen molar-refractivity contribution in [2.75, 3.05) is 10.6 Å². The zero-order valence-corrected chi connectivity index (χ0v) is 14.5. The highest BCUT2D eigenvalue weighted by atomic mass is 32.1. The number of aliphatic carboxylic acids is 1. The van der Waals surface area contributed by atoms with Crippen molar-refractivity contribution in [2.24, 2.45) is 11.8 Å². The number of nitrogens with one attached hydrogen (secondary N) is 2. The number of rotatable bonds is 5. The number of allylic oxidation sites excluding steroid dienone is 2. The molecule has 2 atom stereocenters. The summed E-state index contributed by atoms with van der Waals surface area (Å²) in [6.45, 7) is 0. The highest BCUT2D eigenvalue weighted by Crippen LogP contribution is 2.27. The van der Waals surface area contributed by atoms with Gasteiger partial charge in [0.25, 0.3) is 5.91 Å². The molecule has 3 rings (SSSR count). The third kappa shape index (κ3) is 4.15. The SMILES string of the molecule is O=C(Nc1nccs1)c1cccc(NC(=O)[C@H]2CC=CC[C@H]2C(=O)O)c1. The summed E-state index contributed by atoms with van der Waals surface area (Å²) in [5.74, 6) is -3.05. The van der Waals surface area contributed by atoms with Crippen LogP contribution in [0, 0.1) is 11.8 Å². The smallest absolute Gasteiger partial charge is 0.307 e. The first-order chi connectivity index (χ1) is 12.5. The number of aromatic nitrogens is 1. The van der Waals surface area contributed by atoms with Gasteiger partial charge in [0.05, 0.1) is 11.8 Å². The van der Waals surface area contributed by atoms with E-state index < -0.39 is 17.8 Å². The lowest BCUT2D eigenvalue weighted by Gasteiger charge is -2.24. The van der Waals surface area contributed by atoms with Crippen LogP contribution in [0.5, 0.6) is 0 Å². The molecule has 26 heavy (non-hydrogen) atoms. The molecule has 1 heterocycles. The van der Waals surface area contributed by atoms with Crippen LogP contribution >= 0.6 is 11.3 Å². The van der Waals surface area contributed by atoms with E-state index in [1.54, 1.807) is 41.9 Å². The van der Waals surface area contributed by atoms with Gasteiger partial charge in [-0.25, -0.2) is 4.98 Å². The summed E-state index contributed by atoms with van der Waals surface area (Å²) >= 11 is 1.31. The molecule has 1 aliphatic carbocycles. The molecule has 0 fully saturated rings. The largest absolute Gasteiger partial charge is 0.481 e. The Morgan fingerprint density at radius 3 is 2.58 bits per heavy atom. The molecule has 7 nitrogen and oxygen atoms in total. The number of hydrogen-bond donors (Lipinski definition) is 3. The molecule has 0 spiro atoms. The molecule has 1 aromatic carbocycles. The van der Waals surface area contributed by atoms with Crippen molar-refractivity contribution >= 4 is 39.9 Å². The minimum absolute atomic E-state index is 0.333. The second-order valence-electron chi connectivity index (χ2n) is 5.86. The van der Waals surface area contributed by atoms with Gasteiger partial charge in [0.15, 0.2) is 5.13 Å². The van der Waals surface area contributed by atoms with Crippen molar-refractivity contribution in [1.29, 1.82) is 0 Å². The fourth-order valence-electron chi connectivity index (χ4n) is 2.80. The van der Waals surface area contributed by atoms with Gasteiger partial charge in [0.1, 0.15) is 0 Å². The van der Waals surface area contributed by atoms with E-state index in [0.29, 0.717) is 29.2 Å². The van der Waals surface area contributed by atoms with Gasteiger partial charge < -0.3 is 10.4 Å². The van der Waals surface area contributed by atoms with Gasteiger partial charge in [0.2, 0.25) is 5.91 Å². The van der Waals surface area contributed by atoms with E-state index in [1.165, 1.54) is 11.3 Å². The summed E-state index contributed by atoms with van der Waals surface area (Å²) in [4.78, 5) is 40.1. The van der Waals surface area contributed by atoms with Gasteiger partial charge in [0, 0.05) is 22.8 Å². The maximum atomic E-state index is 12.5. The summed E-state index contributed by atoms with van der Waals surface area (Å²) in [5.41, 5.74) is 0.816. The van der Waals surface area contributed by atoms with Crippen LogP contribution in [-0.2, 0) is 9.59 Å². The van der Waals surface area contributed by atoms with E-state index in [1.807, 2.05) is 6.08 Å². The molecule has 0 unspecified atom stereocenters. The number of amides is 2. The molecule has 0 radical (unpaired) electrons. The molecule has 0 bridgehead atoms. The Balaban J connectivity index is 1.70. The quantitative estimate of drug-likeness (QED) is 0.700. The fraction of sp³-hybridized carbons (Fsp3) is 0.222. The molecular formula is C18H17N3O4S. The molecule has 8 heteroatoms. The van der Waals surface area contributed by atoms with Crippen LogP contribution in [0.4, 0.5) is 10.8 Å². The van der Waals surface area contributed by atoms with E-state index in [-0.39, 0.29) is 11.8 Å². The van der Waals surface area contributed by atoms with Gasteiger partial charge >= 0.3 is 5.97 Å². The Morgan fingerprint density at radius 1 is 1.12 bits per heavy atom. The maximum absolute atomic E-state index is 12.5. The van der Waals surface area contributed by atoms with E-state index in [9.17, 15) is 19.5 Å². The average molecular weight is 371 g/mol. The second-order valence-corrected chi connectivity index (χ2v) is 6.75. The highest BCUT2D eigenvalue weighted by Gasteiger charge is 2.33. The van der Waals surface area contributed by atoms with Crippen molar-refractivity contribution in [3.05, 3.63) is 53.6 Å². The third-order valence-electron chi connectivity index (χ3n) is 4.13. The normalized spacial score (nSPS) is 18.9. The first-order valence-corrected chi connectivity index (χ1v) is 8.92. The topological polar surface area (TPSA) is 108 Å². The van der Waals surface area contributed by atoms with E-state index in [0.717, 1.165) is 0 Å². The number of hydrogen-bond acceptors (Lipinski definition) is 5. The minimum atomic E-state index is -0.980. The Morgan fingerprint density at radius 2 is 1.88 bits per heavy atom. The first kappa shape index (κ1) is 17.8. The van der Waals surface area contributed by atoms with Crippen LogP contribution in [0.1, 0.15) is 23.2 Å². The zero-order valence-electron chi connectivity index (χ0n) is 13.7. The lowest BCUT2D eigenvalue weighted by atomic mass is 9.82. The van der Waals surface area contributed by atoms with E-state index in [4.69, 9.17) is 0 Å². The maximum Gasteiger partial charge on any atom is 0.307 e. The van der Waals surface area contributed by atoms with Crippen molar-refractivity contribution in [3.63, 3.8) is 0 Å². The zero-order chi connectivity index (χ0) is 18.5. The third-order valence-corrected chi connectivity index (χ3v) is 4.82. The van der Waals surface area contributed by atoms with Gasteiger partial charge in [-0.15, -0.1) is 11.3 Å². The number of benzene rings is 1. The van der Waals surface area contributed by atoms with Crippen molar-refractivity contribution < 1.29 is 19.5 Å². The molecule has 0 aliphatic heterocycles. The van der Waals surface area contributed by atoms with Crippen LogP contribution < -0.4 is 10.6 Å². The molecule has 0 saturated heterocycles. The number of carboxylic acids is 1. The number of carbonyl (C=O) groups is 3. The molecule has 2 aromatic rings. The average Bonchev–Trinajstić information content (AvgIpc) is 3.15. The van der Waals surface area contributed by atoms with Crippen LogP contribution in [0.15, 0.2) is 48.0 Å². The van der Waals surface area contributed by atoms with E-state index >= 15 is 0 Å². The van der Waals surface area contributed by atoms with Gasteiger partial charge in [-0.2, -0.15) is 0 Å². The molecule has 3 N–H and O–H groups in total. The van der Waals surface area contributed by atoms with Gasteiger partial charge in [-0.3, -0.25) is 19.7 Å². The summed E-state index contributed by atoms with van der Waals surface area (Å²) in [6.07, 6.45) is 5.92. The Kier molecular flexibility index (Phi) is 5.43. The van der Waals surface area contributed by atoms with Crippen molar-refractivity contribution in [2.45, 2.75) is 12.8 Å². The molecule has 0 saturated carbocycles. The monoisotopic (exact) mass is 371 g/mol. The van der Waals surface area contributed by atoms with Crippen molar-refractivity contribution in [3.8, 4) is 0 Å². The Bertz CT molecular complexity index is 848. The van der Waals surface area contributed by atoms with Gasteiger partial charge in [-0.1, -0.05) is 18.2 Å². The van der Waals surface area contributed by atoms with Crippen LogP contribution in [0.2, 0.25) is 0 Å². The van der Waals surface area contributed by atoms with Crippen molar-refractivity contribution in [1.82, 2.24) is 4.98 Å². The summed E-state index contributed by atoms with van der Waals surface area (Å²) in [6, 6.07) is 6.49. The van der Waals surface area contributed by atoms with E-state index in [2.05, 4.69) is 15.6 Å². The predicted octanol–water partition coefficient (Wildman–Crippen LogP) is 3.00. The van der Waals surface area contributed by atoms with Crippen LogP contribution in [0.3, 0.4) is 0 Å². The lowest BCUT2D eigenvalue weighted by molar-refractivity contribution is -0.146. The molecule has 1 aliphatic rings. The predicted molar refractivity (Wildman–Crippen MR) is 98.1 cm³/mol. The first-order valence-electron chi connectivity index (χ1n) is 8.04. The fourth-order valence-corrected chi connectivity index (χ4v) is 3.33. The molecule has 134 valence electrons. The Labute approximate surface area is 153 Å². The summed E-state index contributed by atoms with van der Waals surface area (Å²) < 4.78 is 0. The number of anilines is 2. The molecule has 2 amide bonds. The minimum Gasteiger partial charge on any atom is -0.481 e. The summed E-state index contributed by atoms with van der Waals surface area (Å²) in [7, 11) is 0. The van der Waals surface area contributed by atoms with Crippen LogP contribution in [0.25, 0.3) is 0 Å². The summed E-state index contributed by atoms with van der Waals surface area (Å²) in [5, 5.41) is 16.9. The number of thiazole rings is 1. The number of nitrogens with zero attached hydrogens (tertiary/aromatic N) is 1. The standard InChI is InChI=1S/C18H17N3O4S/c22-15(21-18-19-8-9-26-18)11-4-3-5-12(10-11)20-16(23)13-6-1-2-7-14(13)17(24)25/h1-5,8-10,13-14H,6-7H2,(H,20,23)(H,24,25)(H,19,21,22)/t13-,14+/m0/s1.